The van der Waals surface area contributed by atoms with Gasteiger partial charge in [-0.15, -0.1) is 0 Å². The predicted octanol–water partition coefficient (Wildman–Crippen LogP) is 4.23. The van der Waals surface area contributed by atoms with Gasteiger partial charge in [-0.2, -0.15) is 0 Å². The van der Waals surface area contributed by atoms with Crippen molar-refractivity contribution in [1.29, 1.82) is 0 Å². The number of aryl methyl sites for hydroxylation is 2. The molecule has 0 saturated carbocycles. The van der Waals surface area contributed by atoms with Crippen LogP contribution in [-0.4, -0.2) is 0 Å². The molecule has 0 fully saturated rings. The normalized spacial score (nSPS) is 10.9. The molecule has 78 valence electrons. The Labute approximate surface area is 88.4 Å². The van der Waals surface area contributed by atoms with Crippen LogP contribution in [0, 0.1) is 5.92 Å². The summed E-state index contributed by atoms with van der Waals surface area (Å²) in [6.45, 7) is 6.80. The predicted molar refractivity (Wildman–Crippen MR) is 63.6 cm³/mol. The van der Waals surface area contributed by atoms with Crippen molar-refractivity contribution in [2.24, 2.45) is 5.92 Å². The summed E-state index contributed by atoms with van der Waals surface area (Å²) in [7, 11) is 0. The molecule has 0 bridgehead atoms. The average Bonchev–Trinajstić information content (AvgIpc) is 2.17. The summed E-state index contributed by atoms with van der Waals surface area (Å²) in [5.41, 5.74) is 2.96. The highest BCUT2D eigenvalue weighted by Crippen LogP contribution is 2.11. The SMILES string of the molecule is CCCc1ccc(CCC(C)C)cc1. The van der Waals surface area contributed by atoms with Gasteiger partial charge >= 0.3 is 0 Å². The van der Waals surface area contributed by atoms with E-state index in [9.17, 15) is 0 Å². The van der Waals surface area contributed by atoms with E-state index < -0.39 is 0 Å². The van der Waals surface area contributed by atoms with Crippen LogP contribution in [0.2, 0.25) is 0 Å². The number of hydrogen-bond donors (Lipinski definition) is 0. The minimum absolute atomic E-state index is 0.810. The lowest BCUT2D eigenvalue weighted by molar-refractivity contribution is 0.586. The van der Waals surface area contributed by atoms with E-state index in [0.717, 1.165) is 5.92 Å². The maximum atomic E-state index is 2.29. The van der Waals surface area contributed by atoms with Crippen LogP contribution >= 0.6 is 0 Å². The first-order valence-corrected chi connectivity index (χ1v) is 5.80. The molecule has 0 atom stereocenters. The minimum Gasteiger partial charge on any atom is -0.0651 e. The molecule has 0 aliphatic rings. The van der Waals surface area contributed by atoms with Crippen LogP contribution in [0.3, 0.4) is 0 Å². The maximum Gasteiger partial charge on any atom is -0.0276 e. The number of benzene rings is 1. The van der Waals surface area contributed by atoms with Gasteiger partial charge in [0.2, 0.25) is 0 Å². The van der Waals surface area contributed by atoms with E-state index in [0.29, 0.717) is 0 Å². The van der Waals surface area contributed by atoms with Crippen molar-refractivity contribution in [3.63, 3.8) is 0 Å². The van der Waals surface area contributed by atoms with Crippen LogP contribution in [-0.2, 0) is 12.8 Å². The molecule has 0 aliphatic heterocycles. The van der Waals surface area contributed by atoms with Gasteiger partial charge in [0.25, 0.3) is 0 Å². The Morgan fingerprint density at radius 2 is 1.43 bits per heavy atom. The molecule has 0 nitrogen and oxygen atoms in total. The van der Waals surface area contributed by atoms with Gasteiger partial charge in [-0.1, -0.05) is 51.5 Å². The molecule has 0 spiro atoms. The van der Waals surface area contributed by atoms with E-state index in [1.807, 2.05) is 0 Å². The Hall–Kier alpha value is -0.780. The topological polar surface area (TPSA) is 0 Å². The highest BCUT2D eigenvalue weighted by molar-refractivity contribution is 5.22. The van der Waals surface area contributed by atoms with Crippen LogP contribution in [0.5, 0.6) is 0 Å². The van der Waals surface area contributed by atoms with Crippen LogP contribution in [0.1, 0.15) is 44.7 Å². The molecule has 0 unspecified atom stereocenters. The van der Waals surface area contributed by atoms with Gasteiger partial charge in [0.15, 0.2) is 0 Å². The summed E-state index contributed by atoms with van der Waals surface area (Å²) in [5.74, 6) is 0.810. The molecule has 0 N–H and O–H groups in total. The van der Waals surface area contributed by atoms with E-state index >= 15 is 0 Å². The fraction of sp³-hybridized carbons (Fsp3) is 0.571. The summed E-state index contributed by atoms with van der Waals surface area (Å²) in [6.07, 6.45) is 4.98. The van der Waals surface area contributed by atoms with Gasteiger partial charge < -0.3 is 0 Å². The maximum absolute atomic E-state index is 2.29. The quantitative estimate of drug-likeness (QED) is 0.652. The standard InChI is InChI=1S/C14H22/c1-4-5-13-8-10-14(11-9-13)7-6-12(2)3/h8-12H,4-7H2,1-3H3. The summed E-state index contributed by atoms with van der Waals surface area (Å²) < 4.78 is 0. The molecule has 1 rings (SSSR count). The van der Waals surface area contributed by atoms with Crippen molar-refractivity contribution in [3.05, 3.63) is 35.4 Å². The van der Waals surface area contributed by atoms with Gasteiger partial charge in [-0.3, -0.25) is 0 Å². The second-order valence-corrected chi connectivity index (χ2v) is 4.50. The first kappa shape index (κ1) is 11.3. The Balaban J connectivity index is 2.46. The largest absolute Gasteiger partial charge is 0.0651 e. The van der Waals surface area contributed by atoms with Gasteiger partial charge in [0, 0.05) is 0 Å². The van der Waals surface area contributed by atoms with Gasteiger partial charge in [-0.05, 0) is 36.3 Å². The van der Waals surface area contributed by atoms with Gasteiger partial charge in [0.1, 0.15) is 0 Å². The summed E-state index contributed by atoms with van der Waals surface area (Å²) in [4.78, 5) is 0. The second-order valence-electron chi connectivity index (χ2n) is 4.50. The lowest BCUT2D eigenvalue weighted by atomic mass is 10.0. The Bertz CT molecular complexity index is 243. The minimum atomic E-state index is 0.810. The second kappa shape index (κ2) is 5.85. The first-order chi connectivity index (χ1) is 6.72. The first-order valence-electron chi connectivity index (χ1n) is 5.80. The number of hydrogen-bond acceptors (Lipinski definition) is 0. The van der Waals surface area contributed by atoms with Crippen molar-refractivity contribution in [2.75, 3.05) is 0 Å². The fourth-order valence-electron chi connectivity index (χ4n) is 1.62. The third kappa shape index (κ3) is 3.95. The summed E-state index contributed by atoms with van der Waals surface area (Å²) in [5, 5.41) is 0. The zero-order chi connectivity index (χ0) is 10.4. The zero-order valence-electron chi connectivity index (χ0n) is 9.72. The highest BCUT2D eigenvalue weighted by Gasteiger charge is 1.97. The molecule has 0 aromatic heterocycles. The third-order valence-corrected chi connectivity index (χ3v) is 2.57. The fourth-order valence-corrected chi connectivity index (χ4v) is 1.62. The Morgan fingerprint density at radius 3 is 1.86 bits per heavy atom. The molecule has 0 aliphatic carbocycles. The summed E-state index contributed by atoms with van der Waals surface area (Å²) >= 11 is 0. The van der Waals surface area contributed by atoms with Crippen molar-refractivity contribution in [3.8, 4) is 0 Å². The molecular weight excluding hydrogens is 168 g/mol. The van der Waals surface area contributed by atoms with Crippen LogP contribution < -0.4 is 0 Å². The molecule has 0 heterocycles. The molecule has 1 aromatic carbocycles. The van der Waals surface area contributed by atoms with Crippen molar-refractivity contribution < 1.29 is 0 Å². The molecule has 0 radical (unpaired) electrons. The monoisotopic (exact) mass is 190 g/mol. The van der Waals surface area contributed by atoms with Crippen LogP contribution in [0.4, 0.5) is 0 Å². The lowest BCUT2D eigenvalue weighted by Gasteiger charge is -2.05. The highest BCUT2D eigenvalue weighted by atomic mass is 14.0. The van der Waals surface area contributed by atoms with Crippen molar-refractivity contribution in [2.45, 2.75) is 46.5 Å². The van der Waals surface area contributed by atoms with E-state index in [4.69, 9.17) is 0 Å². The van der Waals surface area contributed by atoms with Crippen LogP contribution in [0.15, 0.2) is 24.3 Å². The van der Waals surface area contributed by atoms with Gasteiger partial charge in [0.05, 0.1) is 0 Å². The lowest BCUT2D eigenvalue weighted by Crippen LogP contribution is -1.92. The van der Waals surface area contributed by atoms with E-state index in [2.05, 4.69) is 45.0 Å². The molecule has 0 heteroatoms. The molecule has 0 amide bonds. The average molecular weight is 190 g/mol. The smallest absolute Gasteiger partial charge is 0.0276 e. The molecule has 0 saturated heterocycles. The third-order valence-electron chi connectivity index (χ3n) is 2.57. The Morgan fingerprint density at radius 1 is 0.929 bits per heavy atom. The van der Waals surface area contributed by atoms with E-state index in [1.165, 1.54) is 36.8 Å². The van der Waals surface area contributed by atoms with Crippen molar-refractivity contribution >= 4 is 0 Å². The Kier molecular flexibility index (Phi) is 4.72. The van der Waals surface area contributed by atoms with Crippen LogP contribution in [0.25, 0.3) is 0 Å². The molecule has 1 aromatic rings. The van der Waals surface area contributed by atoms with E-state index in [1.54, 1.807) is 0 Å². The van der Waals surface area contributed by atoms with E-state index in [-0.39, 0.29) is 0 Å². The number of rotatable bonds is 5. The molecular formula is C14H22. The summed E-state index contributed by atoms with van der Waals surface area (Å²) in [6, 6.07) is 9.12. The zero-order valence-corrected chi connectivity index (χ0v) is 9.72. The molecule has 14 heavy (non-hydrogen) atoms. The van der Waals surface area contributed by atoms with Gasteiger partial charge in [-0.25, -0.2) is 0 Å². The van der Waals surface area contributed by atoms with Crippen molar-refractivity contribution in [1.82, 2.24) is 0 Å².